The summed E-state index contributed by atoms with van der Waals surface area (Å²) < 4.78 is 5.75. The second-order valence-electron chi connectivity index (χ2n) is 3.00. The largest absolute Gasteiger partial charge is 0.383 e. The number of aliphatic imine (C=N–C) groups is 1. The lowest BCUT2D eigenvalue weighted by Gasteiger charge is -2.07. The Morgan fingerprint density at radius 3 is 2.94 bits per heavy atom. The Labute approximate surface area is 108 Å². The molecule has 0 unspecified atom stereocenters. The van der Waals surface area contributed by atoms with Gasteiger partial charge < -0.3 is 10.2 Å². The zero-order valence-electron chi connectivity index (χ0n) is 8.84. The molecule has 3 N–H and O–H groups in total. The van der Waals surface area contributed by atoms with Crippen molar-refractivity contribution in [3.8, 4) is 0 Å². The zero-order valence-corrected chi connectivity index (χ0v) is 11.2. The quantitative estimate of drug-likeness (QED) is 0.294. The number of hydrazine groups is 1. The number of ether oxygens (including phenoxy) is 1. The van der Waals surface area contributed by atoms with Gasteiger partial charge in [0.1, 0.15) is 5.84 Å². The molecule has 0 amide bonds. The van der Waals surface area contributed by atoms with Crippen LogP contribution in [0.2, 0.25) is 5.02 Å². The van der Waals surface area contributed by atoms with E-state index in [0.29, 0.717) is 24.0 Å². The lowest BCUT2D eigenvalue weighted by molar-refractivity contribution is 0.208. The normalized spacial score (nSPS) is 11.6. The minimum Gasteiger partial charge on any atom is -0.383 e. The molecule has 0 aromatic heterocycles. The molecule has 4 nitrogen and oxygen atoms in total. The summed E-state index contributed by atoms with van der Waals surface area (Å²) in [4.78, 5) is 4.25. The Morgan fingerprint density at radius 1 is 1.62 bits per heavy atom. The molecule has 0 aliphatic rings. The Balaban J connectivity index is 2.86. The van der Waals surface area contributed by atoms with Crippen LogP contribution in [0.3, 0.4) is 0 Å². The van der Waals surface area contributed by atoms with Crippen molar-refractivity contribution in [2.24, 2.45) is 10.8 Å². The third-order valence-electron chi connectivity index (χ3n) is 1.90. The molecule has 0 spiro atoms. The second kappa shape index (κ2) is 6.85. The fraction of sp³-hybridized carbons (Fsp3) is 0.300. The highest BCUT2D eigenvalue weighted by molar-refractivity contribution is 9.10. The number of nitrogens with two attached hydrogens (primary N) is 1. The highest BCUT2D eigenvalue weighted by Crippen LogP contribution is 2.23. The standard InChI is InChI=1S/C10H13BrClN3O/c1-16-5-4-14-10(15-13)7-2-3-8(11)9(12)6-7/h2-3,6H,4-5,13H2,1H3,(H,14,15). The lowest BCUT2D eigenvalue weighted by atomic mass is 10.2. The number of amidine groups is 1. The predicted octanol–water partition coefficient (Wildman–Crippen LogP) is 1.96. The van der Waals surface area contributed by atoms with Crippen molar-refractivity contribution in [2.45, 2.75) is 0 Å². The lowest BCUT2D eigenvalue weighted by Crippen LogP contribution is -2.31. The first-order chi connectivity index (χ1) is 7.69. The van der Waals surface area contributed by atoms with Crippen LogP contribution in [0.15, 0.2) is 27.7 Å². The third-order valence-corrected chi connectivity index (χ3v) is 3.13. The number of hydrogen-bond donors (Lipinski definition) is 2. The van der Waals surface area contributed by atoms with Gasteiger partial charge in [-0.2, -0.15) is 0 Å². The summed E-state index contributed by atoms with van der Waals surface area (Å²) in [7, 11) is 1.63. The molecule has 0 radical (unpaired) electrons. The Kier molecular flexibility index (Phi) is 5.76. The van der Waals surface area contributed by atoms with Crippen molar-refractivity contribution in [3.63, 3.8) is 0 Å². The maximum atomic E-state index is 5.98. The average molecular weight is 307 g/mol. The van der Waals surface area contributed by atoms with E-state index in [2.05, 4.69) is 26.3 Å². The number of nitrogens with one attached hydrogen (secondary N) is 1. The van der Waals surface area contributed by atoms with Crippen LogP contribution >= 0.6 is 27.5 Å². The van der Waals surface area contributed by atoms with E-state index in [4.69, 9.17) is 22.2 Å². The van der Waals surface area contributed by atoms with Gasteiger partial charge in [-0.25, -0.2) is 5.84 Å². The molecule has 0 aliphatic heterocycles. The minimum absolute atomic E-state index is 0.545. The molecule has 6 heteroatoms. The van der Waals surface area contributed by atoms with Crippen molar-refractivity contribution >= 4 is 33.4 Å². The summed E-state index contributed by atoms with van der Waals surface area (Å²) in [5.41, 5.74) is 3.38. The van der Waals surface area contributed by atoms with Gasteiger partial charge in [-0.05, 0) is 28.1 Å². The third kappa shape index (κ3) is 3.75. The highest BCUT2D eigenvalue weighted by atomic mass is 79.9. The van der Waals surface area contributed by atoms with Crippen LogP contribution in [-0.2, 0) is 4.74 Å². The van der Waals surface area contributed by atoms with Crippen molar-refractivity contribution in [1.82, 2.24) is 5.43 Å². The van der Waals surface area contributed by atoms with E-state index in [0.717, 1.165) is 10.0 Å². The molecule has 0 atom stereocenters. The number of halogens is 2. The maximum Gasteiger partial charge on any atom is 0.142 e. The molecule has 1 aromatic carbocycles. The summed E-state index contributed by atoms with van der Waals surface area (Å²) in [5, 5.41) is 0.618. The second-order valence-corrected chi connectivity index (χ2v) is 4.26. The topological polar surface area (TPSA) is 59.6 Å². The molecule has 1 aromatic rings. The van der Waals surface area contributed by atoms with E-state index in [1.54, 1.807) is 13.2 Å². The Morgan fingerprint density at radius 2 is 2.38 bits per heavy atom. The van der Waals surface area contributed by atoms with Crippen LogP contribution in [0.4, 0.5) is 0 Å². The monoisotopic (exact) mass is 305 g/mol. The molecular weight excluding hydrogens is 293 g/mol. The number of benzene rings is 1. The first-order valence-corrected chi connectivity index (χ1v) is 5.81. The van der Waals surface area contributed by atoms with Gasteiger partial charge in [-0.3, -0.25) is 4.99 Å². The number of nitrogens with zero attached hydrogens (tertiary/aromatic N) is 1. The number of hydrogen-bond acceptors (Lipinski definition) is 3. The number of rotatable bonds is 4. The van der Waals surface area contributed by atoms with Crippen LogP contribution in [0.25, 0.3) is 0 Å². The fourth-order valence-electron chi connectivity index (χ4n) is 1.11. The van der Waals surface area contributed by atoms with E-state index < -0.39 is 0 Å². The first kappa shape index (κ1) is 13.4. The molecule has 0 aliphatic carbocycles. The van der Waals surface area contributed by atoms with E-state index in [1.165, 1.54) is 0 Å². The summed E-state index contributed by atoms with van der Waals surface area (Å²) in [6, 6.07) is 5.51. The van der Waals surface area contributed by atoms with Gasteiger partial charge in [0.15, 0.2) is 0 Å². The molecule has 0 bridgehead atoms. The molecule has 88 valence electrons. The van der Waals surface area contributed by atoms with Gasteiger partial charge in [0.05, 0.1) is 18.2 Å². The van der Waals surface area contributed by atoms with Crippen LogP contribution in [0.5, 0.6) is 0 Å². The van der Waals surface area contributed by atoms with Crippen LogP contribution in [0, 0.1) is 0 Å². The molecule has 0 heterocycles. The SMILES string of the molecule is COCCN=C(NN)c1ccc(Br)c(Cl)c1. The van der Waals surface area contributed by atoms with Gasteiger partial charge in [-0.1, -0.05) is 17.7 Å². The zero-order chi connectivity index (χ0) is 12.0. The van der Waals surface area contributed by atoms with Gasteiger partial charge in [0, 0.05) is 17.1 Å². The van der Waals surface area contributed by atoms with Crippen molar-refractivity contribution in [3.05, 3.63) is 33.3 Å². The Hall–Kier alpha value is -0.620. The van der Waals surface area contributed by atoms with Gasteiger partial charge in [0.2, 0.25) is 0 Å². The molecule has 0 saturated carbocycles. The van der Waals surface area contributed by atoms with E-state index >= 15 is 0 Å². The summed E-state index contributed by atoms with van der Waals surface area (Å²) in [6.45, 7) is 1.10. The van der Waals surface area contributed by atoms with Crippen LogP contribution < -0.4 is 11.3 Å². The minimum atomic E-state index is 0.545. The molecule has 16 heavy (non-hydrogen) atoms. The van der Waals surface area contributed by atoms with Gasteiger partial charge >= 0.3 is 0 Å². The molecule has 0 fully saturated rings. The van der Waals surface area contributed by atoms with E-state index in [-0.39, 0.29) is 0 Å². The van der Waals surface area contributed by atoms with E-state index in [1.807, 2.05) is 12.1 Å². The van der Waals surface area contributed by atoms with Crippen LogP contribution in [-0.4, -0.2) is 26.1 Å². The van der Waals surface area contributed by atoms with E-state index in [9.17, 15) is 0 Å². The van der Waals surface area contributed by atoms with Crippen molar-refractivity contribution < 1.29 is 4.74 Å². The summed E-state index contributed by atoms with van der Waals surface area (Å²) in [6.07, 6.45) is 0. The fourth-order valence-corrected chi connectivity index (χ4v) is 1.54. The molecule has 1 rings (SSSR count). The maximum absolute atomic E-state index is 5.98. The summed E-state index contributed by atoms with van der Waals surface area (Å²) in [5.74, 6) is 5.99. The average Bonchev–Trinajstić information content (AvgIpc) is 2.29. The van der Waals surface area contributed by atoms with Crippen molar-refractivity contribution in [1.29, 1.82) is 0 Å². The van der Waals surface area contributed by atoms with Crippen LogP contribution in [0.1, 0.15) is 5.56 Å². The Bertz CT molecular complexity index is 384. The highest BCUT2D eigenvalue weighted by Gasteiger charge is 2.04. The number of methoxy groups -OCH3 is 1. The predicted molar refractivity (Wildman–Crippen MR) is 69.8 cm³/mol. The first-order valence-electron chi connectivity index (χ1n) is 4.64. The van der Waals surface area contributed by atoms with Crippen molar-refractivity contribution in [2.75, 3.05) is 20.3 Å². The van der Waals surface area contributed by atoms with Gasteiger partial charge in [0.25, 0.3) is 0 Å². The molecular formula is C10H13BrClN3O. The summed E-state index contributed by atoms with van der Waals surface area (Å²) >= 11 is 9.30. The van der Waals surface area contributed by atoms with Gasteiger partial charge in [-0.15, -0.1) is 0 Å². The smallest absolute Gasteiger partial charge is 0.142 e. The molecule has 0 saturated heterocycles.